The first-order valence-electron chi connectivity index (χ1n) is 4.20. The second-order valence-corrected chi connectivity index (χ2v) is 3.57. The fraction of sp³-hybridized carbons (Fsp3) is 0.875. The van der Waals surface area contributed by atoms with Crippen LogP contribution in [0.25, 0.3) is 0 Å². The number of esters is 1. The monoisotopic (exact) mass is 172 g/mol. The lowest BCUT2D eigenvalue weighted by molar-refractivity contribution is -0.144. The fourth-order valence-electron chi connectivity index (χ4n) is 2.22. The Labute approximate surface area is 70.1 Å². The molecule has 0 aromatic rings. The molecule has 1 heterocycles. The molecule has 0 aromatic carbocycles. The van der Waals surface area contributed by atoms with Crippen LogP contribution >= 0.6 is 0 Å². The minimum atomic E-state index is -0.571. The zero-order valence-corrected chi connectivity index (χ0v) is 6.64. The Kier molecular flexibility index (Phi) is 1.81. The Morgan fingerprint density at radius 2 is 2.33 bits per heavy atom. The van der Waals surface area contributed by atoms with E-state index in [1.807, 2.05) is 0 Å². The number of ether oxygens (including phenoxy) is 1. The first-order valence-corrected chi connectivity index (χ1v) is 4.20. The quantitative estimate of drug-likeness (QED) is 0.513. The van der Waals surface area contributed by atoms with Gasteiger partial charge in [0.05, 0.1) is 12.5 Å². The molecule has 68 valence electrons. The van der Waals surface area contributed by atoms with Crippen LogP contribution in [0, 0.1) is 11.8 Å². The van der Waals surface area contributed by atoms with E-state index in [-0.39, 0.29) is 30.5 Å². The van der Waals surface area contributed by atoms with Crippen molar-refractivity contribution in [1.82, 2.24) is 0 Å². The average Bonchev–Trinajstić information content (AvgIpc) is 2.52. The number of aliphatic hydroxyl groups excluding tert-OH is 2. The van der Waals surface area contributed by atoms with Crippen molar-refractivity contribution in [2.45, 2.75) is 25.0 Å². The van der Waals surface area contributed by atoms with Gasteiger partial charge in [-0.25, -0.2) is 0 Å². The van der Waals surface area contributed by atoms with Crippen molar-refractivity contribution in [3.63, 3.8) is 0 Å². The van der Waals surface area contributed by atoms with Crippen molar-refractivity contribution in [1.29, 1.82) is 0 Å². The van der Waals surface area contributed by atoms with E-state index >= 15 is 0 Å². The summed E-state index contributed by atoms with van der Waals surface area (Å²) in [7, 11) is 0. The molecule has 1 saturated heterocycles. The molecule has 2 rings (SSSR count). The van der Waals surface area contributed by atoms with Gasteiger partial charge in [-0.3, -0.25) is 4.79 Å². The lowest BCUT2D eigenvalue weighted by atomic mass is 9.94. The number of fused-ring (bicyclic) bond motifs is 1. The van der Waals surface area contributed by atoms with Gasteiger partial charge in [-0.2, -0.15) is 0 Å². The van der Waals surface area contributed by atoms with E-state index in [0.717, 1.165) is 0 Å². The summed E-state index contributed by atoms with van der Waals surface area (Å²) < 4.78 is 4.93. The number of carbonyl (C=O) groups is 1. The normalized spacial score (nSPS) is 46.0. The molecular formula is C8H12O4. The van der Waals surface area contributed by atoms with Crippen molar-refractivity contribution in [2.75, 3.05) is 6.61 Å². The first-order chi connectivity index (χ1) is 5.72. The largest absolute Gasteiger partial charge is 0.459 e. The Balaban J connectivity index is 2.13. The van der Waals surface area contributed by atoms with Crippen LogP contribution in [-0.4, -0.2) is 35.0 Å². The average molecular weight is 172 g/mol. The highest BCUT2D eigenvalue weighted by atomic mass is 16.6. The zero-order chi connectivity index (χ0) is 8.72. The summed E-state index contributed by atoms with van der Waals surface area (Å²) >= 11 is 0. The van der Waals surface area contributed by atoms with Crippen molar-refractivity contribution >= 4 is 5.97 Å². The second kappa shape index (κ2) is 2.71. The highest BCUT2D eigenvalue weighted by Crippen LogP contribution is 2.40. The number of hydrogen-bond acceptors (Lipinski definition) is 4. The molecule has 0 aromatic heterocycles. The molecule has 2 N–H and O–H groups in total. The molecule has 0 amide bonds. The molecule has 0 unspecified atom stereocenters. The maximum absolute atomic E-state index is 10.8. The van der Waals surface area contributed by atoms with E-state index in [2.05, 4.69) is 0 Å². The molecule has 1 aliphatic carbocycles. The molecule has 0 spiro atoms. The molecule has 0 bridgehead atoms. The van der Waals surface area contributed by atoms with Gasteiger partial charge in [-0.1, -0.05) is 0 Å². The van der Waals surface area contributed by atoms with Crippen molar-refractivity contribution in [3.8, 4) is 0 Å². The van der Waals surface area contributed by atoms with Gasteiger partial charge < -0.3 is 14.9 Å². The van der Waals surface area contributed by atoms with Gasteiger partial charge in [0.2, 0.25) is 0 Å². The highest BCUT2D eigenvalue weighted by molar-refractivity contribution is 5.72. The Morgan fingerprint density at radius 1 is 1.58 bits per heavy atom. The predicted molar refractivity (Wildman–Crippen MR) is 39.2 cm³/mol. The smallest absolute Gasteiger partial charge is 0.306 e. The van der Waals surface area contributed by atoms with Crippen molar-refractivity contribution in [2.24, 2.45) is 11.8 Å². The van der Waals surface area contributed by atoms with Crippen LogP contribution in [0.2, 0.25) is 0 Å². The third-order valence-corrected chi connectivity index (χ3v) is 2.86. The highest BCUT2D eigenvalue weighted by Gasteiger charge is 2.49. The second-order valence-electron chi connectivity index (χ2n) is 3.57. The maximum atomic E-state index is 10.8. The number of rotatable bonds is 1. The van der Waals surface area contributed by atoms with E-state index in [1.54, 1.807) is 0 Å². The topological polar surface area (TPSA) is 66.8 Å². The standard InChI is InChI=1S/C8H12O4/c9-3-4-1-6(10)8-5(4)2-7(11)12-8/h4-6,8-10H,1-3H2/t4-,5-,6+,8-/m1/s1. The Bertz CT molecular complexity index is 203. The van der Waals surface area contributed by atoms with Crippen LogP contribution in [0.3, 0.4) is 0 Å². The number of hydrogen-bond donors (Lipinski definition) is 2. The number of carbonyl (C=O) groups excluding carboxylic acids is 1. The van der Waals surface area contributed by atoms with Gasteiger partial charge in [-0.05, 0) is 12.3 Å². The SMILES string of the molecule is O=C1C[C@@H]2[C@@H](CO)C[C@H](O)[C@@H]2O1. The van der Waals surface area contributed by atoms with Crippen molar-refractivity contribution < 1.29 is 19.7 Å². The molecule has 2 fully saturated rings. The van der Waals surface area contributed by atoms with Crippen LogP contribution in [0.5, 0.6) is 0 Å². The zero-order valence-electron chi connectivity index (χ0n) is 6.64. The van der Waals surface area contributed by atoms with Gasteiger partial charge in [0.1, 0.15) is 6.10 Å². The van der Waals surface area contributed by atoms with E-state index in [9.17, 15) is 9.90 Å². The van der Waals surface area contributed by atoms with Crippen LogP contribution in [-0.2, 0) is 9.53 Å². The third-order valence-electron chi connectivity index (χ3n) is 2.86. The van der Waals surface area contributed by atoms with Crippen LogP contribution < -0.4 is 0 Å². The Hall–Kier alpha value is -0.610. The molecular weight excluding hydrogens is 160 g/mol. The van der Waals surface area contributed by atoms with Crippen LogP contribution in [0.15, 0.2) is 0 Å². The number of aliphatic hydroxyl groups is 2. The summed E-state index contributed by atoms with van der Waals surface area (Å²) in [5, 5.41) is 18.4. The molecule has 4 heteroatoms. The molecule has 1 aliphatic heterocycles. The van der Waals surface area contributed by atoms with E-state index in [0.29, 0.717) is 12.8 Å². The fourth-order valence-corrected chi connectivity index (χ4v) is 2.22. The third kappa shape index (κ3) is 1.03. The molecule has 2 aliphatic rings. The first kappa shape index (κ1) is 8.01. The van der Waals surface area contributed by atoms with Gasteiger partial charge in [0, 0.05) is 12.5 Å². The van der Waals surface area contributed by atoms with Gasteiger partial charge in [0.15, 0.2) is 0 Å². The van der Waals surface area contributed by atoms with Gasteiger partial charge >= 0.3 is 5.97 Å². The minimum Gasteiger partial charge on any atom is -0.459 e. The summed E-state index contributed by atoms with van der Waals surface area (Å²) in [4.78, 5) is 10.8. The van der Waals surface area contributed by atoms with Crippen LogP contribution in [0.1, 0.15) is 12.8 Å². The van der Waals surface area contributed by atoms with E-state index < -0.39 is 6.10 Å². The van der Waals surface area contributed by atoms with Crippen molar-refractivity contribution in [3.05, 3.63) is 0 Å². The summed E-state index contributed by atoms with van der Waals surface area (Å²) in [5.41, 5.74) is 0. The molecule has 1 saturated carbocycles. The molecule has 12 heavy (non-hydrogen) atoms. The summed E-state index contributed by atoms with van der Waals surface area (Å²) in [6, 6.07) is 0. The predicted octanol–water partition coefficient (Wildman–Crippen LogP) is -0.709. The van der Waals surface area contributed by atoms with Gasteiger partial charge in [0.25, 0.3) is 0 Å². The molecule has 4 atom stereocenters. The Morgan fingerprint density at radius 3 is 3.00 bits per heavy atom. The molecule has 0 radical (unpaired) electrons. The lowest BCUT2D eigenvalue weighted by Crippen LogP contribution is -2.23. The lowest BCUT2D eigenvalue weighted by Gasteiger charge is -2.12. The van der Waals surface area contributed by atoms with Gasteiger partial charge in [-0.15, -0.1) is 0 Å². The minimum absolute atomic E-state index is 0.0366. The summed E-state index contributed by atoms with van der Waals surface area (Å²) in [6.45, 7) is 0.0366. The van der Waals surface area contributed by atoms with E-state index in [1.165, 1.54) is 0 Å². The summed E-state index contributed by atoms with van der Waals surface area (Å²) in [6.07, 6.45) is -0.0141. The van der Waals surface area contributed by atoms with E-state index in [4.69, 9.17) is 9.84 Å². The van der Waals surface area contributed by atoms with Crippen LogP contribution in [0.4, 0.5) is 0 Å². The maximum Gasteiger partial charge on any atom is 0.306 e. The molecule has 4 nitrogen and oxygen atoms in total. The summed E-state index contributed by atoms with van der Waals surface area (Å²) in [5.74, 6) is -0.170.